The van der Waals surface area contributed by atoms with Gasteiger partial charge >= 0.3 is 11.4 Å². The van der Waals surface area contributed by atoms with Crippen molar-refractivity contribution in [1.29, 1.82) is 0 Å². The second-order valence-corrected chi connectivity index (χ2v) is 4.99. The molecule has 7 heteroatoms. The lowest BCUT2D eigenvalue weighted by Crippen LogP contribution is -2.49. The Hall–Kier alpha value is -0.0500. The van der Waals surface area contributed by atoms with E-state index in [0.717, 1.165) is 0 Å². The van der Waals surface area contributed by atoms with Crippen molar-refractivity contribution in [2.75, 3.05) is 6.61 Å². The van der Waals surface area contributed by atoms with E-state index in [1.54, 1.807) is 0 Å². The van der Waals surface area contributed by atoms with Crippen LogP contribution < -0.4 is 0 Å². The number of hydrogen-bond acceptors (Lipinski definition) is 6. The van der Waals surface area contributed by atoms with Crippen molar-refractivity contribution in [3.63, 3.8) is 0 Å². The molecule has 3 heterocycles. The summed E-state index contributed by atoms with van der Waals surface area (Å²) in [6.07, 6.45) is -1.53. The molecule has 5 atom stereocenters. The second-order valence-electron chi connectivity index (χ2n) is 4.20. The lowest BCUT2D eigenvalue weighted by Gasteiger charge is -2.29. The highest BCUT2D eigenvalue weighted by atomic mass is 32.2. The quantitative estimate of drug-likeness (QED) is 0.583. The van der Waals surface area contributed by atoms with Crippen molar-refractivity contribution in [3.8, 4) is 0 Å². The number of hydrogen-bond donors (Lipinski definition) is 0. The maximum Gasteiger partial charge on any atom is 0.307 e. The molecule has 3 saturated heterocycles. The highest BCUT2D eigenvalue weighted by Gasteiger charge is 2.56. The van der Waals surface area contributed by atoms with E-state index in [2.05, 4.69) is 0 Å². The van der Waals surface area contributed by atoms with Gasteiger partial charge in [0.15, 0.2) is 11.9 Å². The topological polar surface area (TPSA) is 63.2 Å². The normalized spacial score (nSPS) is 52.5. The first-order chi connectivity index (χ1) is 7.05. The Labute approximate surface area is 89.6 Å². The fourth-order valence-electron chi connectivity index (χ4n) is 2.08. The van der Waals surface area contributed by atoms with Crippen LogP contribution in [-0.4, -0.2) is 41.2 Å². The largest absolute Gasteiger partial charge is 0.346 e. The first-order valence-electron chi connectivity index (χ1n) is 4.78. The van der Waals surface area contributed by atoms with Crippen LogP contribution in [0.4, 0.5) is 0 Å². The summed E-state index contributed by atoms with van der Waals surface area (Å²) >= 11 is -1.74. The van der Waals surface area contributed by atoms with Crippen LogP contribution in [0.3, 0.4) is 0 Å². The van der Waals surface area contributed by atoms with Crippen LogP contribution in [0.15, 0.2) is 0 Å². The van der Waals surface area contributed by atoms with Crippen molar-refractivity contribution in [2.45, 2.75) is 44.2 Å². The molecule has 0 amide bonds. The molecule has 0 aromatic rings. The minimum absolute atomic E-state index is 0.181. The maximum atomic E-state index is 11.0. The summed E-state index contributed by atoms with van der Waals surface area (Å²) in [7, 11) is 0. The molecule has 3 fully saturated rings. The average Bonchev–Trinajstić information content (AvgIpc) is 2.62. The van der Waals surface area contributed by atoms with Gasteiger partial charge < -0.3 is 14.2 Å². The van der Waals surface area contributed by atoms with Crippen LogP contribution in [0.2, 0.25) is 0 Å². The minimum Gasteiger partial charge on any atom is -0.346 e. The number of fused-ring (bicyclic) bond motifs is 3. The Morgan fingerprint density at radius 2 is 2.00 bits per heavy atom. The maximum absolute atomic E-state index is 11.0. The summed E-state index contributed by atoms with van der Waals surface area (Å²) in [6.45, 7) is 4.02. The molecule has 0 saturated carbocycles. The fraction of sp³-hybridized carbons (Fsp3) is 1.00. The van der Waals surface area contributed by atoms with Crippen LogP contribution in [-0.2, 0) is 33.9 Å². The average molecular weight is 236 g/mol. The third-order valence-corrected chi connectivity index (χ3v) is 3.33. The van der Waals surface area contributed by atoms with Gasteiger partial charge in [0.1, 0.15) is 12.2 Å². The molecule has 1 unspecified atom stereocenters. The molecule has 3 aliphatic heterocycles. The van der Waals surface area contributed by atoms with Crippen LogP contribution in [0, 0.1) is 0 Å². The smallest absolute Gasteiger partial charge is 0.307 e. The minimum atomic E-state index is -1.74. The van der Waals surface area contributed by atoms with Gasteiger partial charge in [0, 0.05) is 0 Å². The third kappa shape index (κ3) is 1.63. The summed E-state index contributed by atoms with van der Waals surface area (Å²) in [5.74, 6) is -0.652. The molecule has 0 N–H and O–H groups in total. The van der Waals surface area contributed by atoms with Crippen LogP contribution in [0.25, 0.3) is 0 Å². The van der Waals surface area contributed by atoms with Crippen molar-refractivity contribution in [1.82, 2.24) is 0 Å². The lowest BCUT2D eigenvalue weighted by atomic mass is 10.1. The Balaban J connectivity index is 1.82. The highest BCUT2D eigenvalue weighted by Crippen LogP contribution is 2.38. The van der Waals surface area contributed by atoms with E-state index in [-0.39, 0.29) is 12.2 Å². The van der Waals surface area contributed by atoms with Crippen molar-refractivity contribution in [2.24, 2.45) is 0 Å². The number of rotatable bonds is 0. The van der Waals surface area contributed by atoms with Crippen molar-refractivity contribution < 1.29 is 26.8 Å². The zero-order chi connectivity index (χ0) is 10.6. The molecule has 0 spiro atoms. The van der Waals surface area contributed by atoms with E-state index in [0.29, 0.717) is 6.61 Å². The first kappa shape index (κ1) is 10.1. The molecular weight excluding hydrogens is 224 g/mol. The number of ether oxygens (including phenoxy) is 3. The Morgan fingerprint density at radius 1 is 1.20 bits per heavy atom. The van der Waals surface area contributed by atoms with Gasteiger partial charge in [-0.3, -0.25) is 4.18 Å². The standard InChI is InChI=1S/C8H12O6S/c1-8(2)11-4-3-10-7-6(5(4)12-8)13-15(9)14-7/h4-7H,3H2,1-2H3/t4-,5-,6+,7+,15?/m1/s1. The molecule has 15 heavy (non-hydrogen) atoms. The zero-order valence-electron chi connectivity index (χ0n) is 8.37. The first-order valence-corrected chi connectivity index (χ1v) is 5.78. The highest BCUT2D eigenvalue weighted by molar-refractivity contribution is 7.75. The Kier molecular flexibility index (Phi) is 2.17. The van der Waals surface area contributed by atoms with E-state index in [4.69, 9.17) is 22.6 Å². The molecule has 0 radical (unpaired) electrons. The summed E-state index contributed by atoms with van der Waals surface area (Å²) in [6, 6.07) is 0. The van der Waals surface area contributed by atoms with Gasteiger partial charge in [-0.1, -0.05) is 0 Å². The van der Waals surface area contributed by atoms with Gasteiger partial charge in [-0.05, 0) is 13.8 Å². The van der Waals surface area contributed by atoms with Gasteiger partial charge in [-0.15, -0.1) is 0 Å². The summed E-state index contributed by atoms with van der Waals surface area (Å²) in [5, 5.41) is 0. The van der Waals surface area contributed by atoms with Crippen molar-refractivity contribution >= 4 is 11.4 Å². The Bertz CT molecular complexity index is 306. The molecule has 86 valence electrons. The summed E-state index contributed by atoms with van der Waals surface area (Å²) in [4.78, 5) is 0. The second kappa shape index (κ2) is 3.22. The van der Waals surface area contributed by atoms with E-state index in [9.17, 15) is 4.21 Å². The predicted molar refractivity (Wildman–Crippen MR) is 47.7 cm³/mol. The molecule has 3 rings (SSSR count). The van der Waals surface area contributed by atoms with E-state index in [1.807, 2.05) is 13.8 Å². The summed E-state index contributed by atoms with van der Waals surface area (Å²) in [5.41, 5.74) is 0. The lowest BCUT2D eigenvalue weighted by molar-refractivity contribution is -0.177. The van der Waals surface area contributed by atoms with Gasteiger partial charge in [-0.25, -0.2) is 4.18 Å². The monoisotopic (exact) mass is 236 g/mol. The van der Waals surface area contributed by atoms with Crippen LogP contribution >= 0.6 is 0 Å². The van der Waals surface area contributed by atoms with Gasteiger partial charge in [-0.2, -0.15) is 4.21 Å². The third-order valence-electron chi connectivity index (χ3n) is 2.60. The van der Waals surface area contributed by atoms with E-state index >= 15 is 0 Å². The predicted octanol–water partition coefficient (Wildman–Crippen LogP) is -0.143. The zero-order valence-corrected chi connectivity index (χ0v) is 9.19. The SMILES string of the molecule is CC1(C)O[C@H]2[C@@H]3OS(=O)O[C@@H]3OC[C@H]2O1. The van der Waals surface area contributed by atoms with Crippen molar-refractivity contribution in [3.05, 3.63) is 0 Å². The van der Waals surface area contributed by atoms with Crippen LogP contribution in [0.1, 0.15) is 13.8 Å². The summed E-state index contributed by atoms with van der Waals surface area (Å²) < 4.78 is 37.7. The molecule has 0 aromatic heterocycles. The molecule has 6 nitrogen and oxygen atoms in total. The molecule has 0 aromatic carbocycles. The van der Waals surface area contributed by atoms with Gasteiger partial charge in [0.25, 0.3) is 0 Å². The van der Waals surface area contributed by atoms with Gasteiger partial charge in [0.2, 0.25) is 6.29 Å². The van der Waals surface area contributed by atoms with Crippen LogP contribution in [0.5, 0.6) is 0 Å². The molecule has 0 bridgehead atoms. The fourth-order valence-corrected chi connectivity index (χ4v) is 2.83. The van der Waals surface area contributed by atoms with E-state index < -0.39 is 29.5 Å². The Morgan fingerprint density at radius 3 is 2.80 bits per heavy atom. The molecular formula is C8H12O6S. The molecule has 0 aliphatic carbocycles. The van der Waals surface area contributed by atoms with E-state index in [1.165, 1.54) is 0 Å². The van der Waals surface area contributed by atoms with Gasteiger partial charge in [0.05, 0.1) is 6.61 Å². The molecule has 3 aliphatic rings.